The number of nitrogens with one attached hydrogen (secondary N) is 2. The van der Waals surface area contributed by atoms with Crippen molar-refractivity contribution in [1.82, 2.24) is 10.3 Å². The van der Waals surface area contributed by atoms with Crippen molar-refractivity contribution < 1.29 is 9.53 Å². The van der Waals surface area contributed by atoms with E-state index in [2.05, 4.69) is 10.3 Å². The van der Waals surface area contributed by atoms with E-state index < -0.39 is 6.09 Å². The molecular formula is C17H19N3O2. The van der Waals surface area contributed by atoms with Crippen molar-refractivity contribution >= 4 is 17.0 Å². The molecule has 0 spiro atoms. The van der Waals surface area contributed by atoms with Crippen molar-refractivity contribution in [2.24, 2.45) is 5.73 Å². The minimum atomic E-state index is -0.479. The standard InChI is InChI=1S/C17H19N3O2/c18-9-8-12-11-19-16-7-6-14(10-15(12)16)22-17(21)20-13-4-2-1-3-5-13/h2,4-7,10-11,19H,1,3,8-9,18H2,(H,20,21). The molecule has 0 unspecified atom stereocenters. The molecule has 0 bridgehead atoms. The van der Waals surface area contributed by atoms with Crippen LogP contribution in [-0.4, -0.2) is 17.6 Å². The van der Waals surface area contributed by atoms with E-state index in [0.717, 1.165) is 41.4 Å². The van der Waals surface area contributed by atoms with Gasteiger partial charge < -0.3 is 15.5 Å². The van der Waals surface area contributed by atoms with Crippen molar-refractivity contribution in [1.29, 1.82) is 0 Å². The van der Waals surface area contributed by atoms with E-state index in [4.69, 9.17) is 10.5 Å². The summed E-state index contributed by atoms with van der Waals surface area (Å²) in [5.74, 6) is 0.517. The Morgan fingerprint density at radius 2 is 2.27 bits per heavy atom. The summed E-state index contributed by atoms with van der Waals surface area (Å²) in [6, 6.07) is 5.54. The Hall–Kier alpha value is -2.53. The van der Waals surface area contributed by atoms with Crippen LogP contribution in [0.15, 0.2) is 48.3 Å². The minimum Gasteiger partial charge on any atom is -0.410 e. The third-order valence-corrected chi connectivity index (χ3v) is 3.60. The lowest BCUT2D eigenvalue weighted by molar-refractivity contribution is 0.204. The Morgan fingerprint density at radius 3 is 3.05 bits per heavy atom. The molecule has 1 aromatic heterocycles. The number of amides is 1. The second kappa shape index (κ2) is 6.49. The quantitative estimate of drug-likeness (QED) is 0.811. The molecule has 22 heavy (non-hydrogen) atoms. The fraction of sp³-hybridized carbons (Fsp3) is 0.235. The molecule has 3 rings (SSSR count). The van der Waals surface area contributed by atoms with Gasteiger partial charge in [0.1, 0.15) is 5.75 Å². The fourth-order valence-electron chi connectivity index (χ4n) is 2.54. The number of hydrogen-bond acceptors (Lipinski definition) is 3. The maximum absolute atomic E-state index is 11.9. The van der Waals surface area contributed by atoms with Crippen LogP contribution >= 0.6 is 0 Å². The molecular weight excluding hydrogens is 278 g/mol. The summed E-state index contributed by atoms with van der Waals surface area (Å²) in [5.41, 5.74) is 8.53. The lowest BCUT2D eigenvalue weighted by Gasteiger charge is -2.10. The van der Waals surface area contributed by atoms with Gasteiger partial charge in [-0.15, -0.1) is 0 Å². The van der Waals surface area contributed by atoms with E-state index in [-0.39, 0.29) is 0 Å². The van der Waals surface area contributed by atoms with Gasteiger partial charge in [-0.1, -0.05) is 12.2 Å². The summed E-state index contributed by atoms with van der Waals surface area (Å²) in [5, 5.41) is 3.77. The zero-order valence-corrected chi connectivity index (χ0v) is 12.3. The van der Waals surface area contributed by atoms with E-state index in [1.165, 1.54) is 0 Å². The van der Waals surface area contributed by atoms with Crippen molar-refractivity contribution in [3.8, 4) is 5.75 Å². The van der Waals surface area contributed by atoms with Gasteiger partial charge in [0, 0.05) is 22.8 Å². The second-order valence-electron chi connectivity index (χ2n) is 5.21. The van der Waals surface area contributed by atoms with Gasteiger partial charge in [-0.05, 0) is 55.6 Å². The largest absolute Gasteiger partial charge is 0.417 e. The van der Waals surface area contributed by atoms with Gasteiger partial charge in [0.05, 0.1) is 0 Å². The fourth-order valence-corrected chi connectivity index (χ4v) is 2.54. The van der Waals surface area contributed by atoms with E-state index in [9.17, 15) is 4.79 Å². The number of ether oxygens (including phenoxy) is 1. The number of carbonyl (C=O) groups is 1. The molecule has 5 heteroatoms. The van der Waals surface area contributed by atoms with Crippen molar-refractivity contribution in [2.75, 3.05) is 6.54 Å². The molecule has 1 amide bonds. The summed E-state index contributed by atoms with van der Waals surface area (Å²) in [6.45, 7) is 0.582. The average Bonchev–Trinajstić information content (AvgIpc) is 2.91. The van der Waals surface area contributed by atoms with Gasteiger partial charge in [0.25, 0.3) is 0 Å². The zero-order valence-electron chi connectivity index (χ0n) is 12.3. The Morgan fingerprint density at radius 1 is 1.36 bits per heavy atom. The Kier molecular flexibility index (Phi) is 4.25. The highest BCUT2D eigenvalue weighted by atomic mass is 16.6. The lowest BCUT2D eigenvalue weighted by atomic mass is 10.1. The number of H-pyrrole nitrogens is 1. The van der Waals surface area contributed by atoms with E-state index >= 15 is 0 Å². The van der Waals surface area contributed by atoms with E-state index in [1.807, 2.05) is 36.6 Å². The average molecular weight is 297 g/mol. The topological polar surface area (TPSA) is 80.1 Å². The molecule has 0 saturated carbocycles. The first-order valence-corrected chi connectivity index (χ1v) is 7.42. The normalized spacial score (nSPS) is 14.0. The van der Waals surface area contributed by atoms with E-state index in [1.54, 1.807) is 6.07 Å². The molecule has 1 aliphatic carbocycles. The van der Waals surface area contributed by atoms with Crippen LogP contribution in [0.25, 0.3) is 10.9 Å². The number of aromatic amines is 1. The summed E-state index contributed by atoms with van der Waals surface area (Å²) in [4.78, 5) is 15.1. The maximum Gasteiger partial charge on any atom is 0.417 e. The lowest BCUT2D eigenvalue weighted by Crippen LogP contribution is -2.25. The van der Waals surface area contributed by atoms with Crippen LogP contribution in [0.4, 0.5) is 4.79 Å². The SMILES string of the molecule is NCCc1c[nH]c2ccc(OC(=O)NC3=CCCC=C3)cc12. The van der Waals surface area contributed by atoms with Gasteiger partial charge in [-0.25, -0.2) is 4.79 Å². The third kappa shape index (κ3) is 3.20. The van der Waals surface area contributed by atoms with Crippen molar-refractivity contribution in [3.63, 3.8) is 0 Å². The number of rotatable bonds is 4. The maximum atomic E-state index is 11.9. The first kappa shape index (κ1) is 14.4. The van der Waals surface area contributed by atoms with Gasteiger partial charge in [-0.2, -0.15) is 0 Å². The van der Waals surface area contributed by atoms with Crippen molar-refractivity contribution in [2.45, 2.75) is 19.3 Å². The highest BCUT2D eigenvalue weighted by molar-refractivity contribution is 5.85. The number of hydrogen-bond donors (Lipinski definition) is 3. The van der Waals surface area contributed by atoms with Crippen LogP contribution in [0, 0.1) is 0 Å². The summed E-state index contributed by atoms with van der Waals surface area (Å²) < 4.78 is 5.36. The molecule has 2 aromatic rings. The number of aromatic nitrogens is 1. The molecule has 0 aliphatic heterocycles. The molecule has 0 atom stereocenters. The molecule has 0 saturated heterocycles. The smallest absolute Gasteiger partial charge is 0.410 e. The number of fused-ring (bicyclic) bond motifs is 1. The van der Waals surface area contributed by atoms with Gasteiger partial charge in [0.2, 0.25) is 0 Å². The first-order chi connectivity index (χ1) is 10.8. The van der Waals surface area contributed by atoms with Gasteiger partial charge in [-0.3, -0.25) is 5.32 Å². The molecule has 114 valence electrons. The monoisotopic (exact) mass is 297 g/mol. The highest BCUT2D eigenvalue weighted by Gasteiger charge is 2.09. The van der Waals surface area contributed by atoms with Crippen molar-refractivity contribution in [3.05, 3.63) is 53.9 Å². The summed E-state index contributed by atoms with van der Waals surface area (Å²) >= 11 is 0. The van der Waals surface area contributed by atoms with Crippen LogP contribution in [0.3, 0.4) is 0 Å². The molecule has 0 radical (unpaired) electrons. The van der Waals surface area contributed by atoms with Crippen LogP contribution in [0.5, 0.6) is 5.75 Å². The predicted octanol–water partition coefficient (Wildman–Crippen LogP) is 2.99. The molecule has 5 nitrogen and oxygen atoms in total. The highest BCUT2D eigenvalue weighted by Crippen LogP contribution is 2.24. The third-order valence-electron chi connectivity index (χ3n) is 3.60. The molecule has 4 N–H and O–H groups in total. The van der Waals surface area contributed by atoms with Crippen LogP contribution < -0.4 is 15.8 Å². The summed E-state index contributed by atoms with van der Waals surface area (Å²) in [6.07, 6.45) is 10.1. The summed E-state index contributed by atoms with van der Waals surface area (Å²) in [7, 11) is 0. The number of nitrogens with two attached hydrogens (primary N) is 1. The van der Waals surface area contributed by atoms with Gasteiger partial charge in [0.15, 0.2) is 0 Å². The van der Waals surface area contributed by atoms with Gasteiger partial charge >= 0.3 is 6.09 Å². The molecule has 1 aliphatic rings. The Balaban J connectivity index is 1.72. The number of benzene rings is 1. The zero-order chi connectivity index (χ0) is 15.4. The first-order valence-electron chi connectivity index (χ1n) is 7.42. The minimum absolute atomic E-state index is 0.479. The van der Waals surface area contributed by atoms with Crippen LogP contribution in [0.2, 0.25) is 0 Å². The Labute approximate surface area is 128 Å². The molecule has 0 fully saturated rings. The Bertz CT molecular complexity index is 743. The van der Waals surface area contributed by atoms with E-state index in [0.29, 0.717) is 12.3 Å². The molecule has 1 heterocycles. The number of carbonyl (C=O) groups excluding carboxylic acids is 1. The van der Waals surface area contributed by atoms with Crippen LogP contribution in [0.1, 0.15) is 18.4 Å². The number of allylic oxidation sites excluding steroid dienone is 3. The molecule has 1 aromatic carbocycles. The second-order valence-corrected chi connectivity index (χ2v) is 5.21. The predicted molar refractivity (Wildman–Crippen MR) is 86.7 cm³/mol. The van der Waals surface area contributed by atoms with Crippen LogP contribution in [-0.2, 0) is 6.42 Å².